The zero-order chi connectivity index (χ0) is 16.8. The summed E-state index contributed by atoms with van der Waals surface area (Å²) in [6, 6.07) is -2.11. The van der Waals surface area contributed by atoms with E-state index in [4.69, 9.17) is 10.8 Å². The first-order chi connectivity index (χ1) is 9.45. The molecule has 2 unspecified atom stereocenters. The number of amides is 3. The Morgan fingerprint density at radius 1 is 1.14 bits per heavy atom. The van der Waals surface area contributed by atoms with Gasteiger partial charge in [-0.25, -0.2) is 4.79 Å². The van der Waals surface area contributed by atoms with Gasteiger partial charge in [0.25, 0.3) is 0 Å². The standard InChI is InChI=1S/C13H23N3O5/c1-7(15-12(21)13(2,3)4)10(18)16-8(11(19)20)5-6-9(14)17/h7-8H,5-6H2,1-4H3,(H2,14,17)(H,15,21)(H,16,18)(H,19,20). The number of carboxylic acids is 1. The molecule has 0 aliphatic carbocycles. The predicted molar refractivity (Wildman–Crippen MR) is 75.1 cm³/mol. The lowest BCUT2D eigenvalue weighted by Crippen LogP contribution is -2.52. The number of carboxylic acid groups (broad SMARTS) is 1. The van der Waals surface area contributed by atoms with Crippen molar-refractivity contribution in [2.75, 3.05) is 0 Å². The molecule has 0 radical (unpaired) electrons. The number of hydrogen-bond acceptors (Lipinski definition) is 4. The maximum Gasteiger partial charge on any atom is 0.326 e. The zero-order valence-corrected chi connectivity index (χ0v) is 12.7. The molecule has 5 N–H and O–H groups in total. The number of rotatable bonds is 7. The molecule has 120 valence electrons. The van der Waals surface area contributed by atoms with Gasteiger partial charge in [0.15, 0.2) is 0 Å². The summed E-state index contributed by atoms with van der Waals surface area (Å²) in [5.74, 6) is -2.87. The number of carbonyl (C=O) groups excluding carboxylic acids is 3. The Bertz CT molecular complexity index is 428. The monoisotopic (exact) mass is 301 g/mol. The summed E-state index contributed by atoms with van der Waals surface area (Å²) < 4.78 is 0. The van der Waals surface area contributed by atoms with Gasteiger partial charge in [0.2, 0.25) is 17.7 Å². The van der Waals surface area contributed by atoms with Gasteiger partial charge in [0.1, 0.15) is 12.1 Å². The van der Waals surface area contributed by atoms with Crippen molar-refractivity contribution < 1.29 is 24.3 Å². The lowest BCUT2D eigenvalue weighted by atomic mass is 9.95. The van der Waals surface area contributed by atoms with Gasteiger partial charge in [-0.2, -0.15) is 0 Å². The molecule has 8 nitrogen and oxygen atoms in total. The third-order valence-electron chi connectivity index (χ3n) is 2.72. The van der Waals surface area contributed by atoms with Crippen LogP contribution >= 0.6 is 0 Å². The van der Waals surface area contributed by atoms with Crippen molar-refractivity contribution in [3.63, 3.8) is 0 Å². The van der Waals surface area contributed by atoms with E-state index in [1.807, 2.05) is 0 Å². The van der Waals surface area contributed by atoms with Crippen LogP contribution in [0.2, 0.25) is 0 Å². The fourth-order valence-electron chi connectivity index (χ4n) is 1.32. The predicted octanol–water partition coefficient (Wildman–Crippen LogP) is -0.628. The van der Waals surface area contributed by atoms with Crippen molar-refractivity contribution in [1.82, 2.24) is 10.6 Å². The molecule has 0 heterocycles. The van der Waals surface area contributed by atoms with E-state index in [0.717, 1.165) is 0 Å². The first kappa shape index (κ1) is 18.9. The molecule has 0 bridgehead atoms. The van der Waals surface area contributed by atoms with E-state index in [-0.39, 0.29) is 18.7 Å². The van der Waals surface area contributed by atoms with Crippen LogP contribution in [0.15, 0.2) is 0 Å². The minimum absolute atomic E-state index is 0.101. The minimum Gasteiger partial charge on any atom is -0.480 e. The number of aliphatic carboxylic acids is 1. The number of nitrogens with one attached hydrogen (secondary N) is 2. The highest BCUT2D eigenvalue weighted by Crippen LogP contribution is 2.12. The van der Waals surface area contributed by atoms with Gasteiger partial charge < -0.3 is 21.5 Å². The molecule has 0 aromatic heterocycles. The Balaban J connectivity index is 4.58. The number of primary amides is 1. The second-order valence-corrected chi connectivity index (χ2v) is 5.85. The van der Waals surface area contributed by atoms with Gasteiger partial charge >= 0.3 is 5.97 Å². The Morgan fingerprint density at radius 3 is 2.05 bits per heavy atom. The largest absolute Gasteiger partial charge is 0.480 e. The summed E-state index contributed by atoms with van der Waals surface area (Å²) in [6.07, 6.45) is -0.254. The average molecular weight is 301 g/mol. The Morgan fingerprint density at radius 2 is 1.67 bits per heavy atom. The van der Waals surface area contributed by atoms with Gasteiger partial charge in [-0.1, -0.05) is 20.8 Å². The number of hydrogen-bond donors (Lipinski definition) is 4. The van der Waals surface area contributed by atoms with Crippen molar-refractivity contribution in [2.45, 2.75) is 52.6 Å². The number of carbonyl (C=O) groups is 4. The minimum atomic E-state index is -1.26. The topological polar surface area (TPSA) is 139 Å². The van der Waals surface area contributed by atoms with Crippen molar-refractivity contribution in [3.05, 3.63) is 0 Å². The molecule has 8 heteroatoms. The van der Waals surface area contributed by atoms with E-state index in [1.54, 1.807) is 20.8 Å². The molecule has 0 spiro atoms. The molecule has 0 saturated carbocycles. The van der Waals surface area contributed by atoms with E-state index < -0.39 is 35.3 Å². The SMILES string of the molecule is CC(NC(=O)C(C)(C)C)C(=O)NC(CCC(N)=O)C(=O)O. The summed E-state index contributed by atoms with van der Waals surface area (Å²) in [4.78, 5) is 45.3. The summed E-state index contributed by atoms with van der Waals surface area (Å²) in [5.41, 5.74) is 4.28. The number of nitrogens with two attached hydrogens (primary N) is 1. The highest BCUT2D eigenvalue weighted by molar-refractivity contribution is 5.91. The van der Waals surface area contributed by atoms with Crippen LogP contribution in [-0.4, -0.2) is 40.9 Å². The maximum atomic E-state index is 11.9. The van der Waals surface area contributed by atoms with E-state index in [2.05, 4.69) is 10.6 Å². The van der Waals surface area contributed by atoms with Crippen LogP contribution < -0.4 is 16.4 Å². The fourth-order valence-corrected chi connectivity index (χ4v) is 1.32. The molecule has 0 rings (SSSR count). The van der Waals surface area contributed by atoms with Gasteiger partial charge in [0, 0.05) is 11.8 Å². The van der Waals surface area contributed by atoms with Gasteiger partial charge in [-0.3, -0.25) is 14.4 Å². The molecule has 0 aromatic rings. The van der Waals surface area contributed by atoms with Crippen molar-refractivity contribution in [2.24, 2.45) is 11.1 Å². The van der Waals surface area contributed by atoms with Gasteiger partial charge in [-0.15, -0.1) is 0 Å². The Kier molecular flexibility index (Phi) is 6.84. The van der Waals surface area contributed by atoms with Crippen molar-refractivity contribution >= 4 is 23.7 Å². The summed E-state index contributed by atoms with van der Waals surface area (Å²) in [7, 11) is 0. The molecule has 0 aromatic carbocycles. The molecule has 0 aliphatic heterocycles. The van der Waals surface area contributed by atoms with Crippen LogP contribution in [0.4, 0.5) is 0 Å². The van der Waals surface area contributed by atoms with Crippen LogP contribution in [-0.2, 0) is 19.2 Å². The third-order valence-corrected chi connectivity index (χ3v) is 2.72. The smallest absolute Gasteiger partial charge is 0.326 e. The zero-order valence-electron chi connectivity index (χ0n) is 12.7. The van der Waals surface area contributed by atoms with Crippen molar-refractivity contribution in [1.29, 1.82) is 0 Å². The lowest BCUT2D eigenvalue weighted by Gasteiger charge is -2.22. The van der Waals surface area contributed by atoms with Crippen molar-refractivity contribution in [3.8, 4) is 0 Å². The normalized spacial score (nSPS) is 13.9. The fraction of sp³-hybridized carbons (Fsp3) is 0.692. The van der Waals surface area contributed by atoms with Gasteiger partial charge in [0.05, 0.1) is 0 Å². The third kappa shape index (κ3) is 7.28. The van der Waals surface area contributed by atoms with Gasteiger partial charge in [-0.05, 0) is 13.3 Å². The van der Waals surface area contributed by atoms with Crippen LogP contribution in [0.1, 0.15) is 40.5 Å². The average Bonchev–Trinajstić information content (AvgIpc) is 2.31. The first-order valence-corrected chi connectivity index (χ1v) is 6.57. The molecule has 0 aliphatic rings. The van der Waals surface area contributed by atoms with Crippen LogP contribution in [0, 0.1) is 5.41 Å². The Hall–Kier alpha value is -2.12. The quantitative estimate of drug-likeness (QED) is 0.496. The van der Waals surface area contributed by atoms with E-state index in [0.29, 0.717) is 0 Å². The Labute approximate surface area is 123 Å². The second-order valence-electron chi connectivity index (χ2n) is 5.85. The highest BCUT2D eigenvalue weighted by Gasteiger charge is 2.27. The van der Waals surface area contributed by atoms with E-state index >= 15 is 0 Å². The molecular formula is C13H23N3O5. The first-order valence-electron chi connectivity index (χ1n) is 6.57. The molecular weight excluding hydrogens is 278 g/mol. The molecule has 0 saturated heterocycles. The molecule has 2 atom stereocenters. The van der Waals surface area contributed by atoms with Crippen LogP contribution in [0.5, 0.6) is 0 Å². The molecule has 3 amide bonds. The van der Waals surface area contributed by atoms with E-state index in [1.165, 1.54) is 6.92 Å². The summed E-state index contributed by atoms with van der Waals surface area (Å²) in [5, 5.41) is 13.7. The molecule has 21 heavy (non-hydrogen) atoms. The molecule has 0 fully saturated rings. The van der Waals surface area contributed by atoms with E-state index in [9.17, 15) is 19.2 Å². The lowest BCUT2D eigenvalue weighted by molar-refractivity contribution is -0.142. The van der Waals surface area contributed by atoms with Crippen LogP contribution in [0.25, 0.3) is 0 Å². The second kappa shape index (κ2) is 7.61. The summed E-state index contributed by atoms with van der Waals surface area (Å²) >= 11 is 0. The van der Waals surface area contributed by atoms with Crippen LogP contribution in [0.3, 0.4) is 0 Å². The maximum absolute atomic E-state index is 11.9. The highest BCUT2D eigenvalue weighted by atomic mass is 16.4. The summed E-state index contributed by atoms with van der Waals surface area (Å²) in [6.45, 7) is 6.53.